The monoisotopic (exact) mass is 424 g/mol. The number of oxazole rings is 1. The molecule has 2 atom stereocenters. The van der Waals surface area contributed by atoms with E-state index in [0.717, 1.165) is 0 Å². The molecule has 1 amide bonds. The Bertz CT molecular complexity index is 730. The highest BCUT2D eigenvalue weighted by molar-refractivity contribution is 6.60. The molecule has 8 nitrogen and oxygen atoms in total. The minimum atomic E-state index is -0.878. The quantitative estimate of drug-likeness (QED) is 0.639. The minimum Gasteiger partial charge on any atom is -0.444 e. The Morgan fingerprint density at radius 3 is 2.17 bits per heavy atom. The van der Waals surface area contributed by atoms with E-state index in [-0.39, 0.29) is 18.3 Å². The lowest BCUT2D eigenvalue weighted by molar-refractivity contribution is -0.0760. The van der Waals surface area contributed by atoms with E-state index in [1.54, 1.807) is 4.90 Å². The maximum Gasteiger partial charge on any atom is 0.517 e. The Morgan fingerprint density at radius 2 is 1.70 bits per heavy atom. The van der Waals surface area contributed by atoms with Crippen LogP contribution in [0.15, 0.2) is 4.42 Å². The molecule has 0 aromatic carbocycles. The second kappa shape index (κ2) is 8.89. The van der Waals surface area contributed by atoms with Gasteiger partial charge in [0, 0.05) is 12.2 Å². The Labute approximate surface area is 180 Å². The first-order valence-electron chi connectivity index (χ1n) is 10.6. The van der Waals surface area contributed by atoms with Gasteiger partial charge in [-0.3, -0.25) is 4.90 Å². The lowest BCUT2D eigenvalue weighted by Crippen LogP contribution is -2.47. The van der Waals surface area contributed by atoms with E-state index >= 15 is 0 Å². The van der Waals surface area contributed by atoms with Crippen molar-refractivity contribution in [3.05, 3.63) is 11.7 Å². The van der Waals surface area contributed by atoms with Gasteiger partial charge in [0.1, 0.15) is 28.7 Å². The van der Waals surface area contributed by atoms with Crippen LogP contribution >= 0.6 is 0 Å². The minimum absolute atomic E-state index is 0.0563. The van der Waals surface area contributed by atoms with E-state index in [1.807, 2.05) is 76.2 Å². The Kier molecular flexibility index (Phi) is 7.31. The van der Waals surface area contributed by atoms with E-state index < -0.39 is 30.6 Å². The van der Waals surface area contributed by atoms with Crippen molar-refractivity contribution in [2.24, 2.45) is 0 Å². The van der Waals surface area contributed by atoms with Gasteiger partial charge in [-0.25, -0.2) is 9.78 Å². The van der Waals surface area contributed by atoms with Crippen molar-refractivity contribution in [1.29, 1.82) is 0 Å². The van der Waals surface area contributed by atoms with Gasteiger partial charge in [0.15, 0.2) is 0 Å². The third kappa shape index (κ3) is 5.77. The summed E-state index contributed by atoms with van der Waals surface area (Å²) in [5.74, 6) is 0.952. The molecule has 170 valence electrons. The van der Waals surface area contributed by atoms with E-state index in [2.05, 4.69) is 0 Å². The van der Waals surface area contributed by atoms with Crippen molar-refractivity contribution in [2.75, 3.05) is 0 Å². The number of hydrogen-bond donors (Lipinski definition) is 0. The van der Waals surface area contributed by atoms with E-state index in [0.29, 0.717) is 17.2 Å². The lowest BCUT2D eigenvalue weighted by Gasteiger charge is -2.34. The summed E-state index contributed by atoms with van der Waals surface area (Å²) in [7, 11) is -0.664. The molecule has 0 spiro atoms. The fraction of sp³-hybridized carbons (Fsp3) is 0.810. The van der Waals surface area contributed by atoms with Crippen LogP contribution in [0.25, 0.3) is 0 Å². The fourth-order valence-electron chi connectivity index (χ4n) is 3.51. The van der Waals surface area contributed by atoms with Crippen molar-refractivity contribution in [2.45, 2.75) is 112 Å². The molecule has 1 aromatic heterocycles. The standard InChI is InChI=1S/C21H37BN2O6/c1-12(2)29-22(30-13(3)4)17-15(6)26-18(23-17)16-14(5)27-21(10,11)24(16)19(25)28-20(7,8)9/h12-14,16H,1-11H3. The SMILES string of the molecule is Cc1oc(C2C(C)OC(C)(C)N2C(=O)OC(C)(C)C)nc1B(OC(C)C)OC(C)C. The van der Waals surface area contributed by atoms with E-state index in [1.165, 1.54) is 0 Å². The Balaban J connectivity index is 2.43. The molecule has 1 saturated heterocycles. The molecular formula is C21H37BN2O6. The number of carbonyl (C=O) groups excluding carboxylic acids is 1. The predicted molar refractivity (Wildman–Crippen MR) is 115 cm³/mol. The Hall–Kier alpha value is -1.58. The average molecular weight is 424 g/mol. The Morgan fingerprint density at radius 1 is 1.17 bits per heavy atom. The number of hydrogen-bond acceptors (Lipinski definition) is 7. The maximum atomic E-state index is 13.0. The molecule has 1 aliphatic rings. The number of rotatable bonds is 6. The first kappa shape index (κ1) is 24.7. The third-order valence-electron chi connectivity index (χ3n) is 4.48. The number of ether oxygens (including phenoxy) is 2. The molecule has 0 aliphatic carbocycles. The van der Waals surface area contributed by atoms with Crippen molar-refractivity contribution in [3.8, 4) is 0 Å². The first-order valence-corrected chi connectivity index (χ1v) is 10.6. The highest BCUT2D eigenvalue weighted by Gasteiger charge is 2.52. The highest BCUT2D eigenvalue weighted by Crippen LogP contribution is 2.41. The molecule has 2 rings (SSSR count). The highest BCUT2D eigenvalue weighted by atomic mass is 16.6. The molecule has 0 radical (unpaired) electrons. The zero-order valence-corrected chi connectivity index (χ0v) is 20.2. The van der Waals surface area contributed by atoms with Crippen LogP contribution in [-0.4, -0.2) is 52.7 Å². The number of nitrogens with zero attached hydrogens (tertiary/aromatic N) is 2. The zero-order chi connectivity index (χ0) is 23.0. The van der Waals surface area contributed by atoms with Crippen molar-refractivity contribution >= 4 is 18.8 Å². The summed E-state index contributed by atoms with van der Waals surface area (Å²) in [4.78, 5) is 19.3. The van der Waals surface area contributed by atoms with Crippen LogP contribution in [0.3, 0.4) is 0 Å². The van der Waals surface area contributed by atoms with Crippen molar-refractivity contribution < 1.29 is 28.0 Å². The smallest absolute Gasteiger partial charge is 0.444 e. The summed E-state index contributed by atoms with van der Waals surface area (Å²) in [5, 5.41) is 0. The second-order valence-electron chi connectivity index (χ2n) is 9.76. The number of amides is 1. The zero-order valence-electron chi connectivity index (χ0n) is 20.2. The fourth-order valence-corrected chi connectivity index (χ4v) is 3.51. The molecule has 1 fully saturated rings. The van der Waals surface area contributed by atoms with Gasteiger partial charge >= 0.3 is 13.2 Å². The second-order valence-corrected chi connectivity index (χ2v) is 9.76. The van der Waals surface area contributed by atoms with Crippen LogP contribution in [0.2, 0.25) is 0 Å². The summed E-state index contributed by atoms with van der Waals surface area (Å²) in [6.45, 7) is 20.6. The van der Waals surface area contributed by atoms with Gasteiger partial charge in [-0.05, 0) is 76.2 Å². The van der Waals surface area contributed by atoms with E-state index in [4.69, 9.17) is 28.2 Å². The number of carbonyl (C=O) groups is 1. The van der Waals surface area contributed by atoms with Crippen LogP contribution < -0.4 is 5.59 Å². The summed E-state index contributed by atoms with van der Waals surface area (Å²) >= 11 is 0. The summed E-state index contributed by atoms with van der Waals surface area (Å²) in [5.41, 5.74) is -0.951. The van der Waals surface area contributed by atoms with Crippen LogP contribution in [-0.2, 0) is 18.8 Å². The largest absolute Gasteiger partial charge is 0.517 e. The van der Waals surface area contributed by atoms with Gasteiger partial charge in [-0.15, -0.1) is 0 Å². The van der Waals surface area contributed by atoms with Crippen molar-refractivity contribution in [3.63, 3.8) is 0 Å². The third-order valence-corrected chi connectivity index (χ3v) is 4.48. The molecule has 9 heteroatoms. The van der Waals surface area contributed by atoms with Crippen LogP contribution in [0.1, 0.15) is 86.9 Å². The van der Waals surface area contributed by atoms with Gasteiger partial charge in [0.2, 0.25) is 5.89 Å². The molecule has 1 aromatic rings. The van der Waals surface area contributed by atoms with E-state index in [9.17, 15) is 4.79 Å². The summed E-state index contributed by atoms with van der Waals surface area (Å²) in [6.07, 6.45) is -0.931. The maximum absolute atomic E-state index is 13.0. The molecule has 0 saturated carbocycles. The molecule has 30 heavy (non-hydrogen) atoms. The average Bonchev–Trinajstić information content (AvgIpc) is 2.99. The van der Waals surface area contributed by atoms with Crippen LogP contribution in [0.5, 0.6) is 0 Å². The van der Waals surface area contributed by atoms with Gasteiger partial charge in [0.25, 0.3) is 0 Å². The van der Waals surface area contributed by atoms with Gasteiger partial charge < -0.3 is 23.2 Å². The van der Waals surface area contributed by atoms with Crippen LogP contribution in [0.4, 0.5) is 4.79 Å². The molecule has 2 heterocycles. The number of aromatic nitrogens is 1. The normalized spacial score (nSPS) is 21.6. The summed E-state index contributed by atoms with van der Waals surface area (Å²) in [6, 6.07) is -0.541. The molecule has 0 N–H and O–H groups in total. The van der Waals surface area contributed by atoms with Gasteiger partial charge in [-0.2, -0.15) is 0 Å². The van der Waals surface area contributed by atoms with Gasteiger partial charge in [-0.1, -0.05) is 0 Å². The van der Waals surface area contributed by atoms with Gasteiger partial charge in [0.05, 0.1) is 6.10 Å². The van der Waals surface area contributed by atoms with Crippen LogP contribution in [0, 0.1) is 6.92 Å². The molecule has 1 aliphatic heterocycles. The predicted octanol–water partition coefficient (Wildman–Crippen LogP) is 3.96. The summed E-state index contributed by atoms with van der Waals surface area (Å²) < 4.78 is 29.6. The lowest BCUT2D eigenvalue weighted by atomic mass is 9.82. The molecule has 0 bridgehead atoms. The first-order chi connectivity index (χ1) is 13.6. The number of aryl methyl sites for hydroxylation is 1. The molecular weight excluding hydrogens is 387 g/mol. The molecule has 2 unspecified atom stereocenters. The topological polar surface area (TPSA) is 83.3 Å². The van der Waals surface area contributed by atoms with Crippen molar-refractivity contribution in [1.82, 2.24) is 9.88 Å².